The summed E-state index contributed by atoms with van der Waals surface area (Å²) < 4.78 is 0. The number of likely N-dealkylation sites (tertiary alicyclic amines) is 1. The fourth-order valence-corrected chi connectivity index (χ4v) is 4.20. The zero-order valence-electron chi connectivity index (χ0n) is 16.6. The molecule has 2 saturated heterocycles. The first-order valence-electron chi connectivity index (χ1n) is 10.2. The average molecular weight is 393 g/mol. The Morgan fingerprint density at radius 2 is 1.74 bits per heavy atom. The second-order valence-corrected chi connectivity index (χ2v) is 8.30. The molecule has 1 aromatic carbocycles. The van der Waals surface area contributed by atoms with Gasteiger partial charge in [0.15, 0.2) is 5.78 Å². The second kappa shape index (κ2) is 10.2. The van der Waals surface area contributed by atoms with E-state index in [0.717, 1.165) is 63.8 Å². The largest absolute Gasteiger partial charge is 0.342 e. The van der Waals surface area contributed by atoms with Gasteiger partial charge < -0.3 is 10.2 Å². The molecule has 0 radical (unpaired) electrons. The Kier molecular flexibility index (Phi) is 8.30. The average Bonchev–Trinajstić information content (AvgIpc) is 2.68. The van der Waals surface area contributed by atoms with Gasteiger partial charge in [-0.1, -0.05) is 38.1 Å². The summed E-state index contributed by atoms with van der Waals surface area (Å²) in [5.41, 5.74) is 2.11. The Labute approximate surface area is 169 Å². The van der Waals surface area contributed by atoms with Crippen LogP contribution in [0.15, 0.2) is 24.3 Å². The van der Waals surface area contributed by atoms with Gasteiger partial charge in [-0.05, 0) is 50.1 Å². The first kappa shape index (κ1) is 21.9. The Balaban J connectivity index is 0.00000261. The van der Waals surface area contributed by atoms with E-state index in [1.54, 1.807) is 0 Å². The molecule has 3 rings (SSSR count). The van der Waals surface area contributed by atoms with Gasteiger partial charge in [-0.3, -0.25) is 9.59 Å². The molecule has 1 amide bonds. The van der Waals surface area contributed by atoms with Gasteiger partial charge in [0.1, 0.15) is 0 Å². The molecule has 2 heterocycles. The molecule has 4 nitrogen and oxygen atoms in total. The van der Waals surface area contributed by atoms with Gasteiger partial charge in [-0.25, -0.2) is 0 Å². The van der Waals surface area contributed by atoms with Crippen LogP contribution in [-0.4, -0.2) is 42.8 Å². The first-order valence-corrected chi connectivity index (χ1v) is 10.2. The van der Waals surface area contributed by atoms with Crippen LogP contribution in [0, 0.1) is 17.8 Å². The lowest BCUT2D eigenvalue weighted by Crippen LogP contribution is -2.46. The molecule has 0 aromatic heterocycles. The van der Waals surface area contributed by atoms with Gasteiger partial charge in [0, 0.05) is 31.1 Å². The zero-order chi connectivity index (χ0) is 18.5. The number of hydrogen-bond donors (Lipinski definition) is 1. The fraction of sp³-hybridized carbons (Fsp3) is 0.636. The van der Waals surface area contributed by atoms with Gasteiger partial charge in [0.25, 0.3) is 0 Å². The molecule has 27 heavy (non-hydrogen) atoms. The molecule has 2 aliphatic heterocycles. The number of benzene rings is 1. The van der Waals surface area contributed by atoms with Crippen LogP contribution in [0.2, 0.25) is 0 Å². The van der Waals surface area contributed by atoms with Crippen LogP contribution < -0.4 is 5.32 Å². The lowest BCUT2D eigenvalue weighted by Gasteiger charge is -2.35. The van der Waals surface area contributed by atoms with E-state index < -0.39 is 0 Å². The third-order valence-corrected chi connectivity index (χ3v) is 5.71. The third kappa shape index (κ3) is 5.79. The standard InChI is InChI=1S/C22H32N2O2.ClH/c1-16(2)14-17-5-7-18(8-6-17)21(25)19-9-12-24(13-10-19)22(26)20-4-3-11-23-15-20;/h5-8,16,19-20,23H,3-4,9-15H2,1-2H3;1H. The Morgan fingerprint density at radius 3 is 2.30 bits per heavy atom. The highest BCUT2D eigenvalue weighted by atomic mass is 35.5. The summed E-state index contributed by atoms with van der Waals surface area (Å²) in [4.78, 5) is 27.4. The van der Waals surface area contributed by atoms with Gasteiger partial charge in [0.05, 0.1) is 5.92 Å². The molecule has 0 bridgehead atoms. The number of hydrogen-bond acceptors (Lipinski definition) is 3. The minimum Gasteiger partial charge on any atom is -0.342 e. The molecule has 0 aliphatic carbocycles. The van der Waals surface area contributed by atoms with Crippen molar-refractivity contribution in [3.05, 3.63) is 35.4 Å². The van der Waals surface area contributed by atoms with Crippen molar-refractivity contribution in [3.8, 4) is 0 Å². The van der Waals surface area contributed by atoms with E-state index in [-0.39, 0.29) is 35.9 Å². The van der Waals surface area contributed by atoms with Crippen LogP contribution in [0.25, 0.3) is 0 Å². The zero-order valence-corrected chi connectivity index (χ0v) is 17.4. The van der Waals surface area contributed by atoms with E-state index in [1.165, 1.54) is 5.56 Å². The Bertz CT molecular complexity index is 616. The number of ketones is 1. The predicted molar refractivity (Wildman–Crippen MR) is 111 cm³/mol. The number of nitrogens with one attached hydrogen (secondary N) is 1. The number of halogens is 1. The maximum absolute atomic E-state index is 12.8. The van der Waals surface area contributed by atoms with Crippen LogP contribution >= 0.6 is 12.4 Å². The number of carbonyl (C=O) groups is 2. The highest BCUT2D eigenvalue weighted by Gasteiger charge is 2.31. The summed E-state index contributed by atoms with van der Waals surface area (Å²) in [6, 6.07) is 8.13. The van der Waals surface area contributed by atoms with Crippen molar-refractivity contribution in [2.45, 2.75) is 46.0 Å². The number of carbonyl (C=O) groups excluding carboxylic acids is 2. The minimum absolute atomic E-state index is 0. The molecular formula is C22H33ClN2O2. The number of piperidine rings is 2. The summed E-state index contributed by atoms with van der Waals surface area (Å²) in [7, 11) is 0. The lowest BCUT2D eigenvalue weighted by molar-refractivity contribution is -0.137. The van der Waals surface area contributed by atoms with Crippen LogP contribution in [0.3, 0.4) is 0 Å². The number of amides is 1. The monoisotopic (exact) mass is 392 g/mol. The molecular weight excluding hydrogens is 360 g/mol. The normalized spacial score (nSPS) is 21.0. The number of nitrogens with zero attached hydrogens (tertiary/aromatic N) is 1. The minimum atomic E-state index is 0. The fourth-order valence-electron chi connectivity index (χ4n) is 4.20. The molecule has 2 fully saturated rings. The molecule has 0 saturated carbocycles. The third-order valence-electron chi connectivity index (χ3n) is 5.71. The topological polar surface area (TPSA) is 49.4 Å². The van der Waals surface area contributed by atoms with Crippen molar-refractivity contribution in [3.63, 3.8) is 0 Å². The van der Waals surface area contributed by atoms with Crippen molar-refractivity contribution in [2.24, 2.45) is 17.8 Å². The van der Waals surface area contributed by atoms with E-state index in [4.69, 9.17) is 0 Å². The molecule has 1 atom stereocenters. The van der Waals surface area contributed by atoms with Gasteiger partial charge in [-0.2, -0.15) is 0 Å². The van der Waals surface area contributed by atoms with E-state index in [9.17, 15) is 9.59 Å². The molecule has 2 aliphatic rings. The summed E-state index contributed by atoms with van der Waals surface area (Å²) in [5.74, 6) is 1.33. The van der Waals surface area contributed by atoms with Gasteiger partial charge >= 0.3 is 0 Å². The van der Waals surface area contributed by atoms with E-state index in [1.807, 2.05) is 17.0 Å². The smallest absolute Gasteiger partial charge is 0.226 e. The van der Waals surface area contributed by atoms with Crippen molar-refractivity contribution in [2.75, 3.05) is 26.2 Å². The molecule has 1 aromatic rings. The molecule has 150 valence electrons. The van der Waals surface area contributed by atoms with Crippen LogP contribution in [0.4, 0.5) is 0 Å². The Hall–Kier alpha value is -1.39. The summed E-state index contributed by atoms with van der Waals surface area (Å²) >= 11 is 0. The molecule has 0 spiro atoms. The van der Waals surface area contributed by atoms with Crippen molar-refractivity contribution in [1.82, 2.24) is 10.2 Å². The quantitative estimate of drug-likeness (QED) is 0.777. The van der Waals surface area contributed by atoms with Gasteiger partial charge in [-0.15, -0.1) is 12.4 Å². The van der Waals surface area contributed by atoms with E-state index in [0.29, 0.717) is 5.92 Å². The van der Waals surface area contributed by atoms with Gasteiger partial charge in [0.2, 0.25) is 5.91 Å². The first-order chi connectivity index (χ1) is 12.5. The van der Waals surface area contributed by atoms with Crippen molar-refractivity contribution < 1.29 is 9.59 Å². The Morgan fingerprint density at radius 1 is 1.07 bits per heavy atom. The van der Waals surface area contributed by atoms with Crippen LogP contribution in [0.5, 0.6) is 0 Å². The van der Waals surface area contributed by atoms with E-state index >= 15 is 0 Å². The highest BCUT2D eigenvalue weighted by Crippen LogP contribution is 2.24. The van der Waals surface area contributed by atoms with E-state index in [2.05, 4.69) is 31.3 Å². The van der Waals surface area contributed by atoms with Crippen LogP contribution in [-0.2, 0) is 11.2 Å². The second-order valence-electron chi connectivity index (χ2n) is 8.30. The number of rotatable bonds is 5. The SMILES string of the molecule is CC(C)Cc1ccc(C(=O)C2CCN(C(=O)C3CCCNC3)CC2)cc1.Cl. The lowest BCUT2D eigenvalue weighted by atomic mass is 9.87. The predicted octanol–water partition coefficient (Wildman–Crippen LogP) is 3.73. The maximum Gasteiger partial charge on any atom is 0.226 e. The summed E-state index contributed by atoms with van der Waals surface area (Å²) in [6.45, 7) is 7.68. The van der Waals surface area contributed by atoms with Crippen molar-refractivity contribution in [1.29, 1.82) is 0 Å². The molecule has 1 unspecified atom stereocenters. The van der Waals surface area contributed by atoms with Crippen molar-refractivity contribution >= 4 is 24.1 Å². The summed E-state index contributed by atoms with van der Waals surface area (Å²) in [6.07, 6.45) is 4.70. The molecule has 5 heteroatoms. The molecule has 1 N–H and O–H groups in total. The van der Waals surface area contributed by atoms with Crippen LogP contribution in [0.1, 0.15) is 55.5 Å². The number of Topliss-reactive ketones (excluding diaryl/α,β-unsaturated/α-hetero) is 1. The maximum atomic E-state index is 12.8. The summed E-state index contributed by atoms with van der Waals surface area (Å²) in [5, 5.41) is 3.32. The highest BCUT2D eigenvalue weighted by molar-refractivity contribution is 5.98.